The Hall–Kier alpha value is -1.51. The van der Waals surface area contributed by atoms with E-state index in [0.717, 1.165) is 25.8 Å². The summed E-state index contributed by atoms with van der Waals surface area (Å²) in [5, 5.41) is 0. The quantitative estimate of drug-likeness (QED) is 0.830. The van der Waals surface area contributed by atoms with E-state index in [0.29, 0.717) is 6.04 Å². The van der Waals surface area contributed by atoms with Crippen molar-refractivity contribution in [2.75, 3.05) is 6.54 Å². The zero-order valence-corrected chi connectivity index (χ0v) is 12.8. The molecular formula is C17H25NO2. The number of nitrogens with zero attached hydrogens (tertiary/aromatic N) is 1. The van der Waals surface area contributed by atoms with Gasteiger partial charge in [0.05, 0.1) is 0 Å². The van der Waals surface area contributed by atoms with Crippen LogP contribution >= 0.6 is 0 Å². The first-order chi connectivity index (χ1) is 9.46. The fourth-order valence-electron chi connectivity index (χ4n) is 2.34. The fourth-order valence-corrected chi connectivity index (χ4v) is 2.34. The van der Waals surface area contributed by atoms with E-state index in [1.165, 1.54) is 12.0 Å². The minimum Gasteiger partial charge on any atom is -0.444 e. The molecule has 0 bridgehead atoms. The van der Waals surface area contributed by atoms with Gasteiger partial charge in [0.15, 0.2) is 0 Å². The molecule has 0 spiro atoms. The number of ether oxygens (including phenoxy) is 1. The van der Waals surface area contributed by atoms with Crippen LogP contribution in [0.4, 0.5) is 4.79 Å². The molecule has 1 saturated carbocycles. The molecule has 1 aromatic carbocycles. The molecule has 1 aliphatic rings. The van der Waals surface area contributed by atoms with Crippen molar-refractivity contribution < 1.29 is 9.53 Å². The maximum absolute atomic E-state index is 12.3. The minimum absolute atomic E-state index is 0.168. The van der Waals surface area contributed by atoms with Crippen LogP contribution in [0.3, 0.4) is 0 Å². The zero-order valence-electron chi connectivity index (χ0n) is 12.8. The molecule has 0 radical (unpaired) electrons. The van der Waals surface area contributed by atoms with Crippen molar-refractivity contribution in [3.63, 3.8) is 0 Å². The summed E-state index contributed by atoms with van der Waals surface area (Å²) in [5.41, 5.74) is 0.839. The average molecular weight is 275 g/mol. The van der Waals surface area contributed by atoms with Gasteiger partial charge in [-0.3, -0.25) is 0 Å². The summed E-state index contributed by atoms with van der Waals surface area (Å²) in [6.45, 7) is 6.49. The van der Waals surface area contributed by atoms with E-state index in [9.17, 15) is 4.79 Å². The summed E-state index contributed by atoms with van der Waals surface area (Å²) >= 11 is 0. The van der Waals surface area contributed by atoms with Gasteiger partial charge in [0.1, 0.15) is 5.60 Å². The molecule has 0 unspecified atom stereocenters. The van der Waals surface area contributed by atoms with E-state index in [1.54, 1.807) is 0 Å². The maximum atomic E-state index is 12.3. The Balaban J connectivity index is 1.95. The van der Waals surface area contributed by atoms with Crippen LogP contribution in [0.2, 0.25) is 0 Å². The number of hydrogen-bond acceptors (Lipinski definition) is 2. The number of rotatable bonds is 4. The van der Waals surface area contributed by atoms with Crippen molar-refractivity contribution in [2.45, 2.75) is 58.1 Å². The largest absolute Gasteiger partial charge is 0.444 e. The number of hydrogen-bond donors (Lipinski definition) is 0. The lowest BCUT2D eigenvalue weighted by atomic mass is 9.91. The summed E-state index contributed by atoms with van der Waals surface area (Å²) in [6.07, 6.45) is 4.15. The Kier molecular flexibility index (Phi) is 4.69. The predicted molar refractivity (Wildman–Crippen MR) is 80.7 cm³/mol. The normalized spacial score (nSPS) is 15.6. The van der Waals surface area contributed by atoms with Crippen LogP contribution in [0.1, 0.15) is 45.6 Å². The first-order valence-electron chi connectivity index (χ1n) is 7.49. The Morgan fingerprint density at radius 2 is 1.90 bits per heavy atom. The molecule has 0 atom stereocenters. The Morgan fingerprint density at radius 1 is 1.25 bits per heavy atom. The fraction of sp³-hybridized carbons (Fsp3) is 0.588. The first-order valence-corrected chi connectivity index (χ1v) is 7.49. The lowest BCUT2D eigenvalue weighted by Gasteiger charge is -2.38. The summed E-state index contributed by atoms with van der Waals surface area (Å²) in [5.74, 6) is 0. The molecule has 110 valence electrons. The Bertz CT molecular complexity index is 432. The molecule has 0 saturated heterocycles. The van der Waals surface area contributed by atoms with Crippen LogP contribution in [0.5, 0.6) is 0 Å². The van der Waals surface area contributed by atoms with Gasteiger partial charge < -0.3 is 9.64 Å². The number of carbonyl (C=O) groups is 1. The second-order valence-electron chi connectivity index (χ2n) is 6.49. The lowest BCUT2D eigenvalue weighted by Crippen LogP contribution is -2.47. The second-order valence-corrected chi connectivity index (χ2v) is 6.49. The molecule has 0 aliphatic heterocycles. The van der Waals surface area contributed by atoms with E-state index in [4.69, 9.17) is 4.74 Å². The lowest BCUT2D eigenvalue weighted by molar-refractivity contribution is 0.00743. The van der Waals surface area contributed by atoms with Crippen molar-refractivity contribution in [1.82, 2.24) is 4.90 Å². The molecule has 20 heavy (non-hydrogen) atoms. The van der Waals surface area contributed by atoms with Gasteiger partial charge in [0, 0.05) is 12.6 Å². The van der Waals surface area contributed by atoms with Crippen molar-refractivity contribution in [2.24, 2.45) is 0 Å². The molecule has 1 aliphatic carbocycles. The van der Waals surface area contributed by atoms with E-state index < -0.39 is 5.60 Å². The van der Waals surface area contributed by atoms with E-state index in [1.807, 2.05) is 43.9 Å². The van der Waals surface area contributed by atoms with Gasteiger partial charge in [-0.15, -0.1) is 0 Å². The highest BCUT2D eigenvalue weighted by molar-refractivity contribution is 5.68. The molecule has 3 heteroatoms. The van der Waals surface area contributed by atoms with Crippen LogP contribution in [-0.2, 0) is 11.2 Å². The Morgan fingerprint density at radius 3 is 2.40 bits per heavy atom. The third-order valence-electron chi connectivity index (χ3n) is 3.63. The van der Waals surface area contributed by atoms with Crippen molar-refractivity contribution in [3.05, 3.63) is 35.9 Å². The molecule has 2 rings (SSSR count). The monoisotopic (exact) mass is 275 g/mol. The summed E-state index contributed by atoms with van der Waals surface area (Å²) in [7, 11) is 0. The average Bonchev–Trinajstić information content (AvgIpc) is 2.31. The molecule has 1 aromatic rings. The van der Waals surface area contributed by atoms with Crippen molar-refractivity contribution in [1.29, 1.82) is 0 Å². The minimum atomic E-state index is -0.425. The van der Waals surface area contributed by atoms with Crippen molar-refractivity contribution in [3.8, 4) is 0 Å². The summed E-state index contributed by atoms with van der Waals surface area (Å²) in [6, 6.07) is 10.7. The van der Waals surface area contributed by atoms with Crippen LogP contribution in [-0.4, -0.2) is 29.2 Å². The van der Waals surface area contributed by atoms with Gasteiger partial charge in [0.25, 0.3) is 0 Å². The standard InChI is InChI=1S/C17H25NO2/c1-17(2,3)20-16(19)18(15-10-7-11-15)13-12-14-8-5-4-6-9-14/h4-6,8-9,15H,7,10-13H2,1-3H3. The number of carbonyl (C=O) groups excluding carboxylic acids is 1. The number of benzene rings is 1. The smallest absolute Gasteiger partial charge is 0.410 e. The van der Waals surface area contributed by atoms with Gasteiger partial charge in [-0.25, -0.2) is 4.79 Å². The van der Waals surface area contributed by atoms with Crippen LogP contribution < -0.4 is 0 Å². The molecule has 1 amide bonds. The Labute approximate surface area is 121 Å². The maximum Gasteiger partial charge on any atom is 0.410 e. The summed E-state index contributed by atoms with van der Waals surface area (Å²) in [4.78, 5) is 14.2. The van der Waals surface area contributed by atoms with Gasteiger partial charge in [-0.1, -0.05) is 30.3 Å². The zero-order chi connectivity index (χ0) is 14.6. The molecule has 1 fully saturated rings. The molecule has 0 heterocycles. The van der Waals surface area contributed by atoms with Crippen molar-refractivity contribution >= 4 is 6.09 Å². The highest BCUT2D eigenvalue weighted by Crippen LogP contribution is 2.26. The third kappa shape index (κ3) is 4.26. The predicted octanol–water partition coefficient (Wildman–Crippen LogP) is 4.02. The van der Waals surface area contributed by atoms with Crippen LogP contribution in [0, 0.1) is 0 Å². The van der Waals surface area contributed by atoms with Gasteiger partial charge in [0.2, 0.25) is 0 Å². The van der Waals surface area contributed by atoms with Gasteiger partial charge >= 0.3 is 6.09 Å². The van der Waals surface area contributed by atoms with E-state index in [2.05, 4.69) is 12.1 Å². The third-order valence-corrected chi connectivity index (χ3v) is 3.63. The second kappa shape index (κ2) is 6.29. The highest BCUT2D eigenvalue weighted by atomic mass is 16.6. The summed E-state index contributed by atoms with van der Waals surface area (Å²) < 4.78 is 5.53. The van der Waals surface area contributed by atoms with Gasteiger partial charge in [-0.2, -0.15) is 0 Å². The molecule has 3 nitrogen and oxygen atoms in total. The molecule has 0 aromatic heterocycles. The van der Waals surface area contributed by atoms with Crippen LogP contribution in [0.25, 0.3) is 0 Å². The first kappa shape index (κ1) is 14.9. The SMILES string of the molecule is CC(C)(C)OC(=O)N(CCc1ccccc1)C1CCC1. The molecular weight excluding hydrogens is 250 g/mol. The van der Waals surface area contributed by atoms with E-state index in [-0.39, 0.29) is 6.09 Å². The van der Waals surface area contributed by atoms with Gasteiger partial charge in [-0.05, 0) is 52.0 Å². The molecule has 0 N–H and O–H groups in total. The topological polar surface area (TPSA) is 29.5 Å². The van der Waals surface area contributed by atoms with E-state index >= 15 is 0 Å². The highest BCUT2D eigenvalue weighted by Gasteiger charge is 2.31. The van der Waals surface area contributed by atoms with Crippen LogP contribution in [0.15, 0.2) is 30.3 Å². The number of amides is 1.